The molecule has 4 heterocycles. The molecule has 0 saturated carbocycles. The number of hydrogen-bond acceptors (Lipinski definition) is 5. The van der Waals surface area contributed by atoms with Crippen LogP contribution in [0.1, 0.15) is 28.4 Å². The normalized spacial score (nSPS) is 13.1. The van der Waals surface area contributed by atoms with Crippen LogP contribution in [0.3, 0.4) is 0 Å². The molecule has 0 unspecified atom stereocenters. The third-order valence-corrected chi connectivity index (χ3v) is 9.69. The maximum Gasteiger partial charge on any atom is 0.416 e. The summed E-state index contributed by atoms with van der Waals surface area (Å²) in [7, 11) is -2.39. The highest BCUT2D eigenvalue weighted by molar-refractivity contribution is 7.92. The lowest BCUT2D eigenvalue weighted by Gasteiger charge is -2.20. The number of hydrogen-bond donors (Lipinski definition) is 2. The number of aryl methyl sites for hydroxylation is 2. The number of aromatic nitrogens is 2. The molecule has 13 heteroatoms. The quantitative estimate of drug-likeness (QED) is 0.179. The molecule has 1 aliphatic heterocycles. The van der Waals surface area contributed by atoms with Crippen molar-refractivity contribution in [2.45, 2.75) is 26.1 Å². The summed E-state index contributed by atoms with van der Waals surface area (Å²) in [5.41, 5.74) is 3.37. The number of rotatable bonds is 6. The lowest BCUT2D eigenvalue weighted by Crippen LogP contribution is -2.18. The first kappa shape index (κ1) is 30.5. The van der Waals surface area contributed by atoms with Crippen molar-refractivity contribution in [1.29, 1.82) is 0 Å². The average Bonchev–Trinajstić information content (AvgIpc) is 3.63. The molecule has 3 aromatic heterocycles. The molecule has 1 amide bonds. The van der Waals surface area contributed by atoms with Crippen LogP contribution < -0.4 is 10.0 Å². The highest BCUT2D eigenvalue weighted by Gasteiger charge is 2.31. The summed E-state index contributed by atoms with van der Waals surface area (Å²) in [5, 5.41) is 3.31. The smallest absolute Gasteiger partial charge is 0.416 e. The fourth-order valence-corrected chi connectivity index (χ4v) is 6.67. The molecule has 0 aliphatic carbocycles. The van der Waals surface area contributed by atoms with E-state index in [1.54, 1.807) is 24.3 Å². The van der Waals surface area contributed by atoms with Crippen molar-refractivity contribution in [3.8, 4) is 34.0 Å². The van der Waals surface area contributed by atoms with Gasteiger partial charge >= 0.3 is 6.18 Å². The number of pyridine rings is 1. The van der Waals surface area contributed by atoms with Crippen molar-refractivity contribution >= 4 is 43.5 Å². The molecule has 0 bridgehead atoms. The lowest BCUT2D eigenvalue weighted by atomic mass is 9.98. The highest BCUT2D eigenvalue weighted by atomic mass is 32.2. The van der Waals surface area contributed by atoms with Crippen LogP contribution in [-0.4, -0.2) is 36.7 Å². The number of alkyl halides is 3. The summed E-state index contributed by atoms with van der Waals surface area (Å²) < 4.78 is 90.8. The van der Waals surface area contributed by atoms with Crippen molar-refractivity contribution in [3.05, 3.63) is 95.3 Å². The second-order valence-corrected chi connectivity index (χ2v) is 13.2. The molecule has 8 nitrogen and oxygen atoms in total. The number of furan rings is 1. The Hall–Kier alpha value is -5.17. The predicted molar refractivity (Wildman–Crippen MR) is 171 cm³/mol. The van der Waals surface area contributed by atoms with Crippen molar-refractivity contribution in [2.75, 3.05) is 17.5 Å². The van der Waals surface area contributed by atoms with Gasteiger partial charge in [-0.3, -0.25) is 9.52 Å². The molecule has 6 aromatic rings. The van der Waals surface area contributed by atoms with E-state index in [0.29, 0.717) is 46.4 Å². The van der Waals surface area contributed by atoms with Gasteiger partial charge in [0, 0.05) is 41.6 Å². The molecular formula is C34H26F4N4O4S. The first-order valence-corrected chi connectivity index (χ1v) is 16.3. The molecule has 0 fully saturated rings. The fraction of sp³-hybridized carbons (Fsp3) is 0.176. The van der Waals surface area contributed by atoms with Gasteiger partial charge in [0.25, 0.3) is 5.91 Å². The van der Waals surface area contributed by atoms with Crippen molar-refractivity contribution in [2.24, 2.45) is 0 Å². The number of carbonyl (C=O) groups is 1. The van der Waals surface area contributed by atoms with Crippen LogP contribution in [0.5, 0.6) is 0 Å². The fourth-order valence-electron chi connectivity index (χ4n) is 6.02. The molecule has 3 aromatic carbocycles. The highest BCUT2D eigenvalue weighted by Crippen LogP contribution is 2.42. The summed E-state index contributed by atoms with van der Waals surface area (Å²) in [6.07, 6.45) is -3.91. The van der Waals surface area contributed by atoms with E-state index in [1.807, 2.05) is 16.7 Å². The molecule has 7 rings (SSSR count). The number of nitrogens with zero attached hydrogens (tertiary/aromatic N) is 2. The maximum absolute atomic E-state index is 14.7. The van der Waals surface area contributed by atoms with Gasteiger partial charge in [0.05, 0.1) is 45.2 Å². The van der Waals surface area contributed by atoms with Gasteiger partial charge < -0.3 is 14.3 Å². The molecule has 2 N–H and O–H groups in total. The summed E-state index contributed by atoms with van der Waals surface area (Å²) in [5.74, 6) is -1.13. The van der Waals surface area contributed by atoms with Gasteiger partial charge in [-0.1, -0.05) is 24.3 Å². The second kappa shape index (κ2) is 11.0. The number of nitrogens with one attached hydrogen (secondary N) is 2. The van der Waals surface area contributed by atoms with E-state index in [-0.39, 0.29) is 39.7 Å². The van der Waals surface area contributed by atoms with Crippen molar-refractivity contribution in [3.63, 3.8) is 0 Å². The zero-order valence-electron chi connectivity index (χ0n) is 25.0. The summed E-state index contributed by atoms with van der Waals surface area (Å²) in [6.45, 7) is 2.11. The number of amides is 1. The van der Waals surface area contributed by atoms with Gasteiger partial charge in [-0.15, -0.1) is 0 Å². The Morgan fingerprint density at radius 3 is 2.49 bits per heavy atom. The minimum atomic E-state index is -4.55. The molecule has 0 saturated heterocycles. The first-order chi connectivity index (χ1) is 22.4. The average molecular weight is 663 g/mol. The van der Waals surface area contributed by atoms with E-state index in [2.05, 4.69) is 10.0 Å². The zero-order chi connectivity index (χ0) is 33.2. The number of carbonyl (C=O) groups excluding carboxylic acids is 1. The van der Waals surface area contributed by atoms with E-state index in [0.717, 1.165) is 23.2 Å². The number of anilines is 1. The van der Waals surface area contributed by atoms with E-state index >= 15 is 0 Å². The Morgan fingerprint density at radius 2 is 1.79 bits per heavy atom. The SMILES string of the molecule is CCS(=O)(=O)Nc1cc2oc(-c3ccc(C(F)(F)F)cc3)c(C(=O)NC)c2cc1-c1ccc2c(n1)-c1cc3c(F)cccc3n1CC2. The van der Waals surface area contributed by atoms with Crippen LogP contribution in [0.4, 0.5) is 23.2 Å². The third-order valence-electron chi connectivity index (χ3n) is 8.40. The van der Waals surface area contributed by atoms with Crippen LogP contribution in [-0.2, 0) is 29.2 Å². The second-order valence-electron chi connectivity index (χ2n) is 11.2. The Morgan fingerprint density at radius 1 is 1.02 bits per heavy atom. The standard InChI is InChI=1S/C34H26F4N4O4S/c1-3-47(44,45)41-26-17-29-23(30(33(43)39-2)32(46-29)19-7-10-20(11-8-19)34(36,37)38)15-22(26)25-12-9-18-13-14-42-27-6-4-5-24(35)21(27)16-28(42)31(18)40-25/h4-12,15-17,41H,3,13-14H2,1-2H3,(H,39,43). The van der Waals surface area contributed by atoms with E-state index in [1.165, 1.54) is 38.2 Å². The number of sulfonamides is 1. The molecule has 0 spiro atoms. The zero-order valence-corrected chi connectivity index (χ0v) is 25.8. The van der Waals surface area contributed by atoms with Crippen LogP contribution in [0, 0.1) is 5.82 Å². The first-order valence-electron chi connectivity index (χ1n) is 14.7. The Kier molecular flexibility index (Phi) is 7.12. The van der Waals surface area contributed by atoms with E-state index in [4.69, 9.17) is 9.40 Å². The van der Waals surface area contributed by atoms with Gasteiger partial charge in [-0.2, -0.15) is 13.2 Å². The Labute approximate surface area is 266 Å². The molecule has 1 aliphatic rings. The van der Waals surface area contributed by atoms with Crippen molar-refractivity contribution < 1.29 is 35.2 Å². The Bertz CT molecular complexity index is 2340. The predicted octanol–water partition coefficient (Wildman–Crippen LogP) is 7.62. The maximum atomic E-state index is 14.7. The number of halogens is 4. The number of benzene rings is 3. The molecule has 47 heavy (non-hydrogen) atoms. The van der Waals surface area contributed by atoms with Gasteiger partial charge in [-0.25, -0.2) is 17.8 Å². The largest absolute Gasteiger partial charge is 0.455 e. The van der Waals surface area contributed by atoms with Crippen LogP contribution in [0.15, 0.2) is 77.2 Å². The van der Waals surface area contributed by atoms with Gasteiger partial charge in [0.2, 0.25) is 10.0 Å². The minimum absolute atomic E-state index is 0.0134. The molecule has 240 valence electrons. The Balaban J connectivity index is 1.45. The van der Waals surface area contributed by atoms with E-state index < -0.39 is 27.7 Å². The number of fused-ring (bicyclic) bond motifs is 6. The minimum Gasteiger partial charge on any atom is -0.455 e. The summed E-state index contributed by atoms with van der Waals surface area (Å²) >= 11 is 0. The monoisotopic (exact) mass is 662 g/mol. The van der Waals surface area contributed by atoms with Crippen LogP contribution in [0.25, 0.3) is 55.8 Å². The molecular weight excluding hydrogens is 636 g/mol. The molecule has 0 radical (unpaired) electrons. The van der Waals surface area contributed by atoms with Crippen molar-refractivity contribution in [1.82, 2.24) is 14.9 Å². The summed E-state index contributed by atoms with van der Waals surface area (Å²) in [4.78, 5) is 18.2. The van der Waals surface area contributed by atoms with Gasteiger partial charge in [0.1, 0.15) is 17.2 Å². The lowest BCUT2D eigenvalue weighted by molar-refractivity contribution is -0.137. The summed E-state index contributed by atoms with van der Waals surface area (Å²) in [6, 6.07) is 17.5. The van der Waals surface area contributed by atoms with Gasteiger partial charge in [0.15, 0.2) is 0 Å². The topological polar surface area (TPSA) is 106 Å². The molecule has 0 atom stereocenters. The van der Waals surface area contributed by atoms with Gasteiger partial charge in [-0.05, 0) is 61.4 Å². The van der Waals surface area contributed by atoms with Crippen LogP contribution in [0.2, 0.25) is 0 Å². The van der Waals surface area contributed by atoms with E-state index in [9.17, 15) is 30.8 Å². The third kappa shape index (κ3) is 5.20. The van der Waals surface area contributed by atoms with Crippen LogP contribution >= 0.6 is 0 Å².